The van der Waals surface area contributed by atoms with Crippen molar-refractivity contribution in [3.8, 4) is 16.9 Å². The molecule has 1 heterocycles. The average molecular weight is 276 g/mol. The molecule has 0 saturated carbocycles. The Morgan fingerprint density at radius 1 is 0.857 bits per heavy atom. The van der Waals surface area contributed by atoms with E-state index in [9.17, 15) is 5.11 Å². The summed E-state index contributed by atoms with van der Waals surface area (Å²) in [6, 6.07) is 19.3. The van der Waals surface area contributed by atoms with Gasteiger partial charge in [-0.2, -0.15) is 0 Å². The predicted octanol–water partition coefficient (Wildman–Crippen LogP) is 4.51. The summed E-state index contributed by atoms with van der Waals surface area (Å²) in [5.41, 5.74) is 4.97. The Balaban J connectivity index is 1.88. The van der Waals surface area contributed by atoms with Gasteiger partial charge in [-0.25, -0.2) is 0 Å². The minimum Gasteiger partial charge on any atom is -0.508 e. The maximum atomic E-state index is 9.58. The number of anilines is 2. The van der Waals surface area contributed by atoms with Gasteiger partial charge in [0, 0.05) is 11.4 Å². The fourth-order valence-corrected chi connectivity index (χ4v) is 2.17. The number of rotatable bonds is 3. The lowest BCUT2D eigenvalue weighted by atomic mass is 10.0. The van der Waals surface area contributed by atoms with Crippen LogP contribution in [0.5, 0.6) is 5.75 Å². The van der Waals surface area contributed by atoms with Crippen LogP contribution in [0.1, 0.15) is 5.69 Å². The van der Waals surface area contributed by atoms with E-state index in [4.69, 9.17) is 0 Å². The summed E-state index contributed by atoms with van der Waals surface area (Å²) in [6.45, 7) is 1.96. The van der Waals surface area contributed by atoms with Crippen molar-refractivity contribution in [3.05, 3.63) is 72.6 Å². The zero-order chi connectivity index (χ0) is 14.7. The maximum absolute atomic E-state index is 9.58. The lowest BCUT2D eigenvalue weighted by Gasteiger charge is -2.09. The van der Waals surface area contributed by atoms with Crippen LogP contribution >= 0.6 is 0 Å². The number of nitrogens with one attached hydrogen (secondary N) is 1. The third-order valence-corrected chi connectivity index (χ3v) is 3.24. The normalized spacial score (nSPS) is 10.3. The number of aromatic nitrogens is 1. The summed E-state index contributed by atoms with van der Waals surface area (Å²) in [4.78, 5) is 4.27. The first kappa shape index (κ1) is 13.2. The van der Waals surface area contributed by atoms with E-state index in [1.165, 1.54) is 0 Å². The molecule has 1 aromatic heterocycles. The Hall–Kier alpha value is -2.81. The number of nitrogens with zero attached hydrogens (tertiary/aromatic N) is 1. The van der Waals surface area contributed by atoms with E-state index in [0.29, 0.717) is 0 Å². The number of benzene rings is 2. The maximum Gasteiger partial charge on any atom is 0.116 e. The molecule has 0 amide bonds. The fourth-order valence-electron chi connectivity index (χ4n) is 2.17. The molecule has 0 fully saturated rings. The van der Waals surface area contributed by atoms with Gasteiger partial charge in [-0.3, -0.25) is 4.98 Å². The Morgan fingerprint density at radius 3 is 2.33 bits per heavy atom. The number of aromatic hydroxyl groups is 1. The second-order valence-corrected chi connectivity index (χ2v) is 4.94. The molecular weight excluding hydrogens is 260 g/mol. The lowest BCUT2D eigenvalue weighted by Crippen LogP contribution is -1.92. The molecule has 3 rings (SSSR count). The van der Waals surface area contributed by atoms with Gasteiger partial charge in [-0.15, -0.1) is 0 Å². The molecule has 2 aromatic carbocycles. The Kier molecular flexibility index (Phi) is 3.56. The molecule has 104 valence electrons. The molecule has 0 saturated heterocycles. The number of hydrogen-bond donors (Lipinski definition) is 2. The van der Waals surface area contributed by atoms with Crippen LogP contribution in [-0.4, -0.2) is 10.1 Å². The summed E-state index contributed by atoms with van der Waals surface area (Å²) in [7, 11) is 0. The van der Waals surface area contributed by atoms with Gasteiger partial charge in [0.25, 0.3) is 0 Å². The molecule has 0 spiro atoms. The van der Waals surface area contributed by atoms with Crippen molar-refractivity contribution < 1.29 is 5.11 Å². The Morgan fingerprint density at radius 2 is 1.62 bits per heavy atom. The second-order valence-electron chi connectivity index (χ2n) is 4.94. The van der Waals surface area contributed by atoms with Crippen LogP contribution in [0.4, 0.5) is 11.4 Å². The third kappa shape index (κ3) is 3.20. The van der Waals surface area contributed by atoms with Crippen LogP contribution in [0.2, 0.25) is 0 Å². The molecule has 0 unspecified atom stereocenters. The minimum atomic E-state index is 0.272. The topological polar surface area (TPSA) is 45.1 Å². The van der Waals surface area contributed by atoms with Crippen molar-refractivity contribution >= 4 is 11.4 Å². The molecule has 0 aliphatic heterocycles. The summed E-state index contributed by atoms with van der Waals surface area (Å²) in [5.74, 6) is 0.272. The molecule has 0 bridgehead atoms. The van der Waals surface area contributed by atoms with Crippen LogP contribution in [0.3, 0.4) is 0 Å². The van der Waals surface area contributed by atoms with E-state index in [1.54, 1.807) is 12.1 Å². The summed E-state index contributed by atoms with van der Waals surface area (Å²) >= 11 is 0. The van der Waals surface area contributed by atoms with Crippen LogP contribution in [0, 0.1) is 6.92 Å². The van der Waals surface area contributed by atoms with Crippen molar-refractivity contribution in [1.29, 1.82) is 0 Å². The molecule has 3 heteroatoms. The van der Waals surface area contributed by atoms with Crippen LogP contribution in [0.25, 0.3) is 11.1 Å². The van der Waals surface area contributed by atoms with E-state index in [0.717, 1.165) is 28.2 Å². The predicted molar refractivity (Wildman–Crippen MR) is 85.8 cm³/mol. The lowest BCUT2D eigenvalue weighted by molar-refractivity contribution is 0.475. The zero-order valence-corrected chi connectivity index (χ0v) is 11.7. The molecule has 0 radical (unpaired) electrons. The first-order valence-electron chi connectivity index (χ1n) is 6.80. The van der Waals surface area contributed by atoms with Crippen LogP contribution in [0.15, 0.2) is 66.9 Å². The first-order chi connectivity index (χ1) is 10.2. The van der Waals surface area contributed by atoms with Crippen LogP contribution < -0.4 is 5.32 Å². The highest BCUT2D eigenvalue weighted by atomic mass is 16.3. The molecule has 3 aromatic rings. The molecule has 0 aliphatic rings. The summed E-state index contributed by atoms with van der Waals surface area (Å²) in [5, 5.41) is 12.9. The Bertz CT molecular complexity index is 751. The van der Waals surface area contributed by atoms with Gasteiger partial charge in [0.05, 0.1) is 11.9 Å². The van der Waals surface area contributed by atoms with Crippen molar-refractivity contribution in [1.82, 2.24) is 4.98 Å². The molecule has 0 atom stereocenters. The molecular formula is C18H16N2O. The molecule has 2 N–H and O–H groups in total. The van der Waals surface area contributed by atoms with E-state index in [1.807, 2.05) is 55.6 Å². The molecule has 0 aliphatic carbocycles. The highest BCUT2D eigenvalue weighted by molar-refractivity contribution is 5.71. The highest BCUT2D eigenvalue weighted by Crippen LogP contribution is 2.26. The highest BCUT2D eigenvalue weighted by Gasteiger charge is 2.01. The van der Waals surface area contributed by atoms with Gasteiger partial charge < -0.3 is 10.4 Å². The zero-order valence-electron chi connectivity index (χ0n) is 11.7. The quantitative estimate of drug-likeness (QED) is 0.740. The van der Waals surface area contributed by atoms with E-state index >= 15 is 0 Å². The average Bonchev–Trinajstić information content (AvgIpc) is 2.50. The number of pyridine rings is 1. The van der Waals surface area contributed by atoms with Crippen molar-refractivity contribution in [2.24, 2.45) is 0 Å². The van der Waals surface area contributed by atoms with Gasteiger partial charge in [0.2, 0.25) is 0 Å². The molecule has 21 heavy (non-hydrogen) atoms. The van der Waals surface area contributed by atoms with Gasteiger partial charge >= 0.3 is 0 Å². The van der Waals surface area contributed by atoms with E-state index in [-0.39, 0.29) is 5.75 Å². The number of phenolic OH excluding ortho intramolecular Hbond substituents is 1. The van der Waals surface area contributed by atoms with Crippen molar-refractivity contribution in [3.63, 3.8) is 0 Å². The second kappa shape index (κ2) is 5.67. The number of phenols is 1. The van der Waals surface area contributed by atoms with Gasteiger partial charge in [-0.1, -0.05) is 24.3 Å². The SMILES string of the molecule is Cc1ccc(Nc2cccc(-c3cccc(O)c3)c2)cn1. The third-order valence-electron chi connectivity index (χ3n) is 3.24. The smallest absolute Gasteiger partial charge is 0.116 e. The first-order valence-corrected chi connectivity index (χ1v) is 6.80. The van der Waals surface area contributed by atoms with Crippen molar-refractivity contribution in [2.75, 3.05) is 5.32 Å². The monoisotopic (exact) mass is 276 g/mol. The van der Waals surface area contributed by atoms with Gasteiger partial charge in [0.15, 0.2) is 0 Å². The summed E-state index contributed by atoms with van der Waals surface area (Å²) < 4.78 is 0. The Labute approximate surface area is 123 Å². The van der Waals surface area contributed by atoms with E-state index in [2.05, 4.69) is 16.4 Å². The largest absolute Gasteiger partial charge is 0.508 e. The van der Waals surface area contributed by atoms with E-state index < -0.39 is 0 Å². The summed E-state index contributed by atoms with van der Waals surface area (Å²) in [6.07, 6.45) is 1.82. The van der Waals surface area contributed by atoms with Gasteiger partial charge in [0.1, 0.15) is 5.75 Å². The minimum absolute atomic E-state index is 0.272. The van der Waals surface area contributed by atoms with Crippen LogP contribution in [-0.2, 0) is 0 Å². The van der Waals surface area contributed by atoms with Gasteiger partial charge in [-0.05, 0) is 54.4 Å². The van der Waals surface area contributed by atoms with Crippen molar-refractivity contribution in [2.45, 2.75) is 6.92 Å². The fraction of sp³-hybridized carbons (Fsp3) is 0.0556. The standard InChI is InChI=1S/C18H16N2O/c1-13-8-9-17(12-19-13)20-16-6-2-4-14(10-16)15-5-3-7-18(21)11-15/h2-12,20-21H,1H3. The number of hydrogen-bond acceptors (Lipinski definition) is 3. The number of aryl methyl sites for hydroxylation is 1. The molecule has 3 nitrogen and oxygen atoms in total.